The number of carbonyl (C=O) groups is 1. The fourth-order valence-electron chi connectivity index (χ4n) is 1.78. The summed E-state index contributed by atoms with van der Waals surface area (Å²) in [5, 5.41) is 0. The van der Waals surface area contributed by atoms with E-state index in [4.69, 9.17) is 9.47 Å². The van der Waals surface area contributed by atoms with Gasteiger partial charge in [-0.25, -0.2) is 4.79 Å². The lowest BCUT2D eigenvalue weighted by Gasteiger charge is -2.09. The molecule has 3 nitrogen and oxygen atoms in total. The van der Waals surface area contributed by atoms with Gasteiger partial charge in [-0.05, 0) is 29.8 Å². The number of methoxy groups -OCH3 is 1. The maximum Gasteiger partial charge on any atom is 0.341 e. The minimum atomic E-state index is -0.418. The van der Waals surface area contributed by atoms with Gasteiger partial charge >= 0.3 is 5.97 Å². The molecule has 108 valence electrons. The molecule has 0 amide bonds. The van der Waals surface area contributed by atoms with E-state index in [9.17, 15) is 4.79 Å². The average Bonchev–Trinajstić information content (AvgIpc) is 2.53. The summed E-state index contributed by atoms with van der Waals surface area (Å²) >= 11 is 3.33. The van der Waals surface area contributed by atoms with Gasteiger partial charge in [0, 0.05) is 4.47 Å². The van der Waals surface area contributed by atoms with Gasteiger partial charge in [-0.2, -0.15) is 0 Å². The van der Waals surface area contributed by atoms with Crippen molar-refractivity contribution in [1.82, 2.24) is 0 Å². The summed E-state index contributed by atoms with van der Waals surface area (Å²) in [5.74, 6) is 0.0844. The highest BCUT2D eigenvalue weighted by atomic mass is 79.9. The van der Waals surface area contributed by atoms with Gasteiger partial charge in [0.15, 0.2) is 0 Å². The average molecular weight is 347 g/mol. The van der Waals surface area contributed by atoms with Crippen LogP contribution < -0.4 is 4.74 Å². The number of hydrogen-bond acceptors (Lipinski definition) is 3. The molecule has 0 heterocycles. The van der Waals surface area contributed by atoms with Crippen LogP contribution in [0.3, 0.4) is 0 Å². The largest absolute Gasteiger partial charge is 0.489 e. The van der Waals surface area contributed by atoms with E-state index in [1.807, 2.05) is 48.6 Å². The Morgan fingerprint density at radius 3 is 2.67 bits per heavy atom. The zero-order valence-electron chi connectivity index (χ0n) is 11.6. The molecule has 0 atom stereocenters. The summed E-state index contributed by atoms with van der Waals surface area (Å²) < 4.78 is 11.2. The summed E-state index contributed by atoms with van der Waals surface area (Å²) in [5.41, 5.74) is 1.50. The molecule has 0 bridgehead atoms. The van der Waals surface area contributed by atoms with Crippen LogP contribution in [0.4, 0.5) is 0 Å². The molecule has 0 aliphatic rings. The Morgan fingerprint density at radius 1 is 1.19 bits per heavy atom. The van der Waals surface area contributed by atoms with Gasteiger partial charge in [0.05, 0.1) is 7.11 Å². The van der Waals surface area contributed by atoms with Crippen molar-refractivity contribution < 1.29 is 14.3 Å². The van der Waals surface area contributed by atoms with E-state index in [1.54, 1.807) is 12.1 Å². The van der Waals surface area contributed by atoms with Crippen molar-refractivity contribution in [2.75, 3.05) is 13.7 Å². The smallest absolute Gasteiger partial charge is 0.341 e. The molecule has 2 rings (SSSR count). The molecule has 0 unspecified atom stereocenters. The minimum Gasteiger partial charge on any atom is -0.489 e. The Morgan fingerprint density at radius 2 is 1.95 bits per heavy atom. The van der Waals surface area contributed by atoms with Crippen LogP contribution in [0.2, 0.25) is 0 Å². The second-order valence-corrected chi connectivity index (χ2v) is 5.17. The van der Waals surface area contributed by atoms with E-state index in [0.29, 0.717) is 17.9 Å². The second-order valence-electron chi connectivity index (χ2n) is 4.26. The van der Waals surface area contributed by atoms with E-state index in [-0.39, 0.29) is 0 Å². The van der Waals surface area contributed by atoms with E-state index in [1.165, 1.54) is 7.11 Å². The standard InChI is InChI=1S/C17H15BrO3/c1-20-17(19)15-12-14(18)9-10-16(15)21-11-5-8-13-6-3-2-4-7-13/h2-10,12H,11H2,1H3. The van der Waals surface area contributed by atoms with Crippen molar-refractivity contribution in [3.8, 4) is 5.75 Å². The van der Waals surface area contributed by atoms with Crippen LogP contribution in [0.1, 0.15) is 15.9 Å². The first-order valence-electron chi connectivity index (χ1n) is 6.43. The monoisotopic (exact) mass is 346 g/mol. The quantitative estimate of drug-likeness (QED) is 0.756. The van der Waals surface area contributed by atoms with Crippen molar-refractivity contribution in [2.24, 2.45) is 0 Å². The third kappa shape index (κ3) is 4.46. The fourth-order valence-corrected chi connectivity index (χ4v) is 2.14. The summed E-state index contributed by atoms with van der Waals surface area (Å²) in [4.78, 5) is 11.7. The molecular formula is C17H15BrO3. The highest BCUT2D eigenvalue weighted by Gasteiger charge is 2.13. The summed E-state index contributed by atoms with van der Waals surface area (Å²) in [6.07, 6.45) is 3.87. The zero-order chi connectivity index (χ0) is 15.1. The van der Waals surface area contributed by atoms with Gasteiger partial charge in [0.1, 0.15) is 17.9 Å². The van der Waals surface area contributed by atoms with Crippen molar-refractivity contribution in [1.29, 1.82) is 0 Å². The van der Waals surface area contributed by atoms with Crippen molar-refractivity contribution in [3.63, 3.8) is 0 Å². The van der Waals surface area contributed by atoms with Crippen molar-refractivity contribution in [2.45, 2.75) is 0 Å². The van der Waals surface area contributed by atoms with E-state index < -0.39 is 5.97 Å². The third-order valence-corrected chi connectivity index (χ3v) is 3.29. The summed E-state index contributed by atoms with van der Waals surface area (Å²) in [6.45, 7) is 0.376. The molecule has 4 heteroatoms. The summed E-state index contributed by atoms with van der Waals surface area (Å²) in [6, 6.07) is 15.2. The molecular weight excluding hydrogens is 332 g/mol. The van der Waals surface area contributed by atoms with Crippen LogP contribution in [0.5, 0.6) is 5.75 Å². The van der Waals surface area contributed by atoms with Crippen molar-refractivity contribution >= 4 is 28.0 Å². The first kappa shape index (κ1) is 15.3. The Hall–Kier alpha value is -2.07. The highest BCUT2D eigenvalue weighted by molar-refractivity contribution is 9.10. The van der Waals surface area contributed by atoms with Gasteiger partial charge in [-0.3, -0.25) is 0 Å². The fraction of sp³-hybridized carbons (Fsp3) is 0.118. The molecule has 21 heavy (non-hydrogen) atoms. The van der Waals surface area contributed by atoms with E-state index >= 15 is 0 Å². The number of ether oxygens (including phenoxy) is 2. The molecule has 0 aliphatic heterocycles. The van der Waals surface area contributed by atoms with Gasteiger partial charge < -0.3 is 9.47 Å². The topological polar surface area (TPSA) is 35.5 Å². The molecule has 0 aliphatic carbocycles. The van der Waals surface area contributed by atoms with Gasteiger partial charge in [-0.15, -0.1) is 0 Å². The Bertz CT molecular complexity index is 636. The predicted molar refractivity (Wildman–Crippen MR) is 86.5 cm³/mol. The molecule has 0 fully saturated rings. The predicted octanol–water partition coefficient (Wildman–Crippen LogP) is 4.33. The molecule has 0 saturated heterocycles. The van der Waals surface area contributed by atoms with E-state index in [0.717, 1.165) is 10.0 Å². The minimum absolute atomic E-state index is 0.376. The van der Waals surface area contributed by atoms with Crippen LogP contribution >= 0.6 is 15.9 Å². The Kier molecular flexibility index (Phi) is 5.58. The van der Waals surface area contributed by atoms with Crippen LogP contribution in [-0.4, -0.2) is 19.7 Å². The SMILES string of the molecule is COC(=O)c1cc(Br)ccc1OCC=Cc1ccccc1. The zero-order valence-corrected chi connectivity index (χ0v) is 13.2. The normalized spacial score (nSPS) is 10.6. The highest BCUT2D eigenvalue weighted by Crippen LogP contribution is 2.24. The lowest BCUT2D eigenvalue weighted by Crippen LogP contribution is -2.05. The number of esters is 1. The molecule has 0 spiro atoms. The molecule has 0 aromatic heterocycles. The van der Waals surface area contributed by atoms with Crippen LogP contribution in [-0.2, 0) is 4.74 Å². The first-order valence-corrected chi connectivity index (χ1v) is 7.22. The number of benzene rings is 2. The van der Waals surface area contributed by atoms with E-state index in [2.05, 4.69) is 15.9 Å². The lowest BCUT2D eigenvalue weighted by molar-refractivity contribution is 0.0596. The Balaban J connectivity index is 2.03. The first-order chi connectivity index (χ1) is 10.2. The number of halogens is 1. The maximum absolute atomic E-state index is 11.7. The van der Waals surface area contributed by atoms with Crippen LogP contribution in [0.15, 0.2) is 59.1 Å². The van der Waals surface area contributed by atoms with Crippen LogP contribution in [0, 0.1) is 0 Å². The van der Waals surface area contributed by atoms with Crippen LogP contribution in [0.25, 0.3) is 6.08 Å². The van der Waals surface area contributed by atoms with Gasteiger partial charge in [0.25, 0.3) is 0 Å². The third-order valence-electron chi connectivity index (χ3n) is 2.79. The maximum atomic E-state index is 11.7. The lowest BCUT2D eigenvalue weighted by atomic mass is 10.2. The van der Waals surface area contributed by atoms with Gasteiger partial charge in [0.2, 0.25) is 0 Å². The molecule has 0 saturated carbocycles. The molecule has 2 aromatic rings. The number of rotatable bonds is 5. The number of hydrogen-bond donors (Lipinski definition) is 0. The van der Waals surface area contributed by atoms with Gasteiger partial charge in [-0.1, -0.05) is 52.3 Å². The molecule has 0 radical (unpaired) electrons. The number of carbonyl (C=O) groups excluding carboxylic acids is 1. The van der Waals surface area contributed by atoms with Crippen molar-refractivity contribution in [3.05, 3.63) is 70.2 Å². The molecule has 2 aromatic carbocycles. The summed E-state index contributed by atoms with van der Waals surface area (Å²) in [7, 11) is 1.35. The second kappa shape index (κ2) is 7.64. The Labute approximate surface area is 132 Å². The molecule has 0 N–H and O–H groups in total.